The van der Waals surface area contributed by atoms with Gasteiger partial charge in [-0.3, -0.25) is 4.68 Å². The summed E-state index contributed by atoms with van der Waals surface area (Å²) in [4.78, 5) is 0. The Morgan fingerprint density at radius 2 is 2.05 bits per heavy atom. The van der Waals surface area contributed by atoms with Gasteiger partial charge in [-0.05, 0) is 56.8 Å². The minimum Gasteiger partial charge on any atom is -1.00 e. The summed E-state index contributed by atoms with van der Waals surface area (Å²) in [7, 11) is 0. The van der Waals surface area contributed by atoms with Crippen molar-refractivity contribution in [1.29, 1.82) is 0 Å². The summed E-state index contributed by atoms with van der Waals surface area (Å²) in [6, 6.07) is 7.71. The number of aromatic nitrogens is 2. The van der Waals surface area contributed by atoms with E-state index in [-0.39, 0.29) is 38.0 Å². The maximum Gasteiger partial charge on any atom is 1.00 e. The molecule has 0 bridgehead atoms. The molecule has 1 N–H and O–H groups in total. The number of hydrogen-bond acceptors (Lipinski definition) is 2. The van der Waals surface area contributed by atoms with Crippen LogP contribution in [-0.2, 0) is 0 Å². The van der Waals surface area contributed by atoms with Crippen LogP contribution in [0.2, 0.25) is 0 Å². The van der Waals surface area contributed by atoms with Gasteiger partial charge in [0.05, 0.1) is 11.7 Å². The van der Waals surface area contributed by atoms with Gasteiger partial charge in [-0.15, -0.1) is 0 Å². The molecule has 1 fully saturated rings. The molecule has 0 amide bonds. The summed E-state index contributed by atoms with van der Waals surface area (Å²) in [5.74, 6) is 0.809. The van der Waals surface area contributed by atoms with Crippen LogP contribution in [0, 0.1) is 5.92 Å². The Kier molecular flexibility index (Phi) is 6.99. The van der Waals surface area contributed by atoms with Crippen molar-refractivity contribution in [2.45, 2.75) is 45.7 Å². The molecule has 1 saturated heterocycles. The van der Waals surface area contributed by atoms with Crippen LogP contribution in [0.3, 0.4) is 0 Å². The molecule has 2 atom stereocenters. The van der Waals surface area contributed by atoms with Gasteiger partial charge in [0.25, 0.3) is 0 Å². The van der Waals surface area contributed by atoms with Gasteiger partial charge in [0.15, 0.2) is 0 Å². The Balaban J connectivity index is 0.00000110. The van der Waals surface area contributed by atoms with Crippen LogP contribution in [0.25, 0.3) is 10.9 Å². The number of rotatable bonds is 2. The molecule has 0 aliphatic carbocycles. The van der Waals surface area contributed by atoms with Crippen molar-refractivity contribution in [3.63, 3.8) is 0 Å². The molecule has 0 spiro atoms. The molecule has 4 radical (unpaired) electrons. The summed E-state index contributed by atoms with van der Waals surface area (Å²) in [6.07, 6.45) is 4.55. The van der Waals surface area contributed by atoms with E-state index in [4.69, 9.17) is 0 Å². The quantitative estimate of drug-likeness (QED) is 0.807. The Morgan fingerprint density at radius 3 is 2.67 bits per heavy atom. The maximum atomic E-state index is 4.49. The molecule has 3 nitrogen and oxygen atoms in total. The molecule has 1 aliphatic heterocycles. The summed E-state index contributed by atoms with van der Waals surface area (Å²) in [5.41, 5.74) is 2.64. The van der Waals surface area contributed by atoms with E-state index in [0.29, 0.717) is 12.1 Å². The number of benzene rings is 1. The van der Waals surface area contributed by atoms with E-state index in [1.54, 1.807) is 0 Å². The Labute approximate surface area is 151 Å². The van der Waals surface area contributed by atoms with E-state index < -0.39 is 0 Å². The third-order valence-corrected chi connectivity index (χ3v) is 4.17. The van der Waals surface area contributed by atoms with Crippen LogP contribution in [0.4, 0.5) is 0 Å². The molecule has 2 aromatic rings. The fraction of sp³-hybridized carbons (Fsp3) is 0.562. The SMILES string of the molecule is CC1CCC(c2ccc3c(cnn3C(C)C)c2)NC1.[B-].[Na+]. The van der Waals surface area contributed by atoms with E-state index in [0.717, 1.165) is 12.5 Å². The topological polar surface area (TPSA) is 29.9 Å². The molecular formula is C16H23BN3Na. The maximum absolute atomic E-state index is 4.49. The number of hydrogen-bond donors (Lipinski definition) is 1. The van der Waals surface area contributed by atoms with Gasteiger partial charge in [-0.1, -0.05) is 13.0 Å². The van der Waals surface area contributed by atoms with Crippen molar-refractivity contribution < 1.29 is 29.6 Å². The van der Waals surface area contributed by atoms with Gasteiger partial charge < -0.3 is 13.7 Å². The van der Waals surface area contributed by atoms with Crippen LogP contribution in [0.1, 0.15) is 51.3 Å². The fourth-order valence-corrected chi connectivity index (χ4v) is 2.98. The second kappa shape index (κ2) is 7.82. The Bertz CT molecular complexity index is 574. The predicted octanol–water partition coefficient (Wildman–Crippen LogP) is 0.301. The monoisotopic (exact) mass is 291 g/mol. The minimum absolute atomic E-state index is 0. The van der Waals surface area contributed by atoms with E-state index >= 15 is 0 Å². The van der Waals surface area contributed by atoms with Crippen molar-refractivity contribution in [2.75, 3.05) is 6.54 Å². The molecular weight excluding hydrogens is 268 g/mol. The fourth-order valence-electron chi connectivity index (χ4n) is 2.98. The van der Waals surface area contributed by atoms with Gasteiger partial charge in [0, 0.05) is 17.5 Å². The van der Waals surface area contributed by atoms with Gasteiger partial charge in [0.2, 0.25) is 0 Å². The number of nitrogens with zero attached hydrogens (tertiary/aromatic N) is 2. The zero-order chi connectivity index (χ0) is 13.4. The van der Waals surface area contributed by atoms with Gasteiger partial charge in [-0.2, -0.15) is 5.10 Å². The average molecular weight is 291 g/mol. The number of piperidine rings is 1. The van der Waals surface area contributed by atoms with Crippen LogP contribution < -0.4 is 34.9 Å². The molecule has 0 saturated carbocycles. The standard InChI is InChI=1S/C16H23N3.B.Na/c1-11(2)19-16-7-5-13(8-14(16)10-18-19)15-6-4-12(3)9-17-15;;/h5,7-8,10-12,15,17H,4,6,9H2,1-3H3;;/q;-1;+1. The first-order valence-electron chi connectivity index (χ1n) is 7.35. The third kappa shape index (κ3) is 3.92. The zero-order valence-electron chi connectivity index (χ0n) is 13.6. The van der Waals surface area contributed by atoms with E-state index in [1.165, 1.54) is 29.3 Å². The molecule has 21 heavy (non-hydrogen) atoms. The molecule has 1 aliphatic rings. The van der Waals surface area contributed by atoms with E-state index in [9.17, 15) is 0 Å². The van der Waals surface area contributed by atoms with Crippen molar-refractivity contribution >= 4 is 19.3 Å². The van der Waals surface area contributed by atoms with Gasteiger partial charge in [-0.25, -0.2) is 0 Å². The molecule has 5 heteroatoms. The second-order valence-corrected chi connectivity index (χ2v) is 6.14. The van der Waals surface area contributed by atoms with Crippen molar-refractivity contribution in [3.8, 4) is 0 Å². The van der Waals surface area contributed by atoms with E-state index in [1.807, 2.05) is 6.20 Å². The smallest absolute Gasteiger partial charge is 1.00 e. The van der Waals surface area contributed by atoms with Crippen LogP contribution in [0.5, 0.6) is 0 Å². The van der Waals surface area contributed by atoms with Crippen LogP contribution in [0.15, 0.2) is 24.4 Å². The van der Waals surface area contributed by atoms with Crippen molar-refractivity contribution in [2.24, 2.45) is 5.92 Å². The van der Waals surface area contributed by atoms with Crippen molar-refractivity contribution in [1.82, 2.24) is 15.1 Å². The van der Waals surface area contributed by atoms with Crippen molar-refractivity contribution in [3.05, 3.63) is 30.0 Å². The normalized spacial score (nSPS) is 21.9. The van der Waals surface area contributed by atoms with Gasteiger partial charge >= 0.3 is 29.6 Å². The van der Waals surface area contributed by atoms with Crippen LogP contribution >= 0.6 is 0 Å². The molecule has 2 unspecified atom stereocenters. The number of fused-ring (bicyclic) bond motifs is 1. The first-order valence-corrected chi connectivity index (χ1v) is 7.35. The summed E-state index contributed by atoms with van der Waals surface area (Å²) < 4.78 is 2.09. The minimum atomic E-state index is 0. The number of nitrogens with one attached hydrogen (secondary N) is 1. The predicted molar refractivity (Wildman–Crippen MR) is 85.0 cm³/mol. The Hall–Kier alpha value is -0.285. The first-order chi connectivity index (χ1) is 9.15. The second-order valence-electron chi connectivity index (χ2n) is 6.14. The third-order valence-electron chi connectivity index (χ3n) is 4.17. The largest absolute Gasteiger partial charge is 1.00 e. The first kappa shape index (κ1) is 18.8. The van der Waals surface area contributed by atoms with Gasteiger partial charge in [0.1, 0.15) is 0 Å². The summed E-state index contributed by atoms with van der Waals surface area (Å²) >= 11 is 0. The zero-order valence-corrected chi connectivity index (χ0v) is 15.6. The molecule has 2 heterocycles. The molecule has 3 rings (SSSR count). The van der Waals surface area contributed by atoms with E-state index in [2.05, 4.69) is 54.1 Å². The summed E-state index contributed by atoms with van der Waals surface area (Å²) in [5, 5.41) is 9.40. The summed E-state index contributed by atoms with van der Waals surface area (Å²) in [6.45, 7) is 7.79. The molecule has 106 valence electrons. The molecule has 1 aromatic heterocycles. The average Bonchev–Trinajstić information content (AvgIpc) is 2.82. The molecule has 1 aromatic carbocycles. The van der Waals surface area contributed by atoms with Crippen LogP contribution in [-0.4, -0.2) is 24.7 Å². The Morgan fingerprint density at radius 1 is 1.29 bits per heavy atom.